The van der Waals surface area contributed by atoms with Gasteiger partial charge in [-0.05, 0) is 87.4 Å². The second-order valence-corrected chi connectivity index (χ2v) is 12.0. The van der Waals surface area contributed by atoms with Crippen LogP contribution < -0.4 is 10.6 Å². The highest BCUT2D eigenvalue weighted by molar-refractivity contribution is 5.39. The number of hydrogen-bond donors (Lipinski definition) is 2. The lowest BCUT2D eigenvalue weighted by Crippen LogP contribution is -2.45. The average molecular weight is 461 g/mol. The highest BCUT2D eigenvalue weighted by Gasteiger charge is 2.42. The molecule has 4 heterocycles. The lowest BCUT2D eigenvalue weighted by molar-refractivity contribution is -0.108. The first kappa shape index (κ1) is 22.7. The van der Waals surface area contributed by atoms with Gasteiger partial charge in [0.05, 0.1) is 23.4 Å². The Bertz CT molecular complexity index is 1040. The fourth-order valence-corrected chi connectivity index (χ4v) is 6.97. The molecule has 4 aliphatic heterocycles. The van der Waals surface area contributed by atoms with Crippen molar-refractivity contribution in [3.63, 3.8) is 0 Å². The minimum Gasteiger partial charge on any atom is -0.366 e. The molecule has 182 valence electrons. The van der Waals surface area contributed by atoms with Gasteiger partial charge < -0.3 is 20.1 Å². The zero-order valence-electron chi connectivity index (χ0n) is 21.0. The predicted molar refractivity (Wildman–Crippen MR) is 136 cm³/mol. The van der Waals surface area contributed by atoms with Crippen molar-refractivity contribution in [1.29, 1.82) is 0 Å². The van der Waals surface area contributed by atoms with Gasteiger partial charge in [-0.2, -0.15) is 0 Å². The first-order valence-electron chi connectivity index (χ1n) is 13.4. The minimum atomic E-state index is -0.204. The standard InChI is InChI=1S/C30H40N2O2/c1-29(2)18-22-16-20(12-13-24(22)27(33-29)25-10-6-14-31-25)17-30(3)19-21-8-4-5-9-23(21)28(34-30)26-11-7-15-32-26/h4-5,8-9,12-13,16,25-28,31-32H,6-7,10-11,14-15,17-19H2,1-3H3/t25-,26-,27-,28+,30?/m0/s1. The summed E-state index contributed by atoms with van der Waals surface area (Å²) in [6.07, 6.45) is 8.04. The quantitative estimate of drug-likeness (QED) is 0.658. The predicted octanol–water partition coefficient (Wildman–Crippen LogP) is 5.20. The number of nitrogens with one attached hydrogen (secondary N) is 2. The average Bonchev–Trinajstić information content (AvgIpc) is 3.51. The molecule has 0 saturated carbocycles. The van der Waals surface area contributed by atoms with E-state index in [1.807, 2.05) is 0 Å². The molecular weight excluding hydrogens is 420 g/mol. The Morgan fingerprint density at radius 3 is 2.18 bits per heavy atom. The van der Waals surface area contributed by atoms with Gasteiger partial charge in [0, 0.05) is 31.3 Å². The van der Waals surface area contributed by atoms with Crippen molar-refractivity contribution in [3.8, 4) is 0 Å². The fraction of sp³-hybridized carbons (Fsp3) is 0.600. The number of ether oxygens (including phenoxy) is 2. The summed E-state index contributed by atoms with van der Waals surface area (Å²) in [5.74, 6) is 0. The van der Waals surface area contributed by atoms with E-state index in [4.69, 9.17) is 9.47 Å². The molecule has 0 aromatic heterocycles. The normalized spacial score (nSPS) is 34.6. The van der Waals surface area contributed by atoms with Gasteiger partial charge in [0.2, 0.25) is 0 Å². The van der Waals surface area contributed by atoms with Gasteiger partial charge in [-0.15, -0.1) is 0 Å². The van der Waals surface area contributed by atoms with E-state index in [0.717, 1.165) is 32.4 Å². The molecule has 4 heteroatoms. The van der Waals surface area contributed by atoms with Crippen LogP contribution in [-0.2, 0) is 28.7 Å². The van der Waals surface area contributed by atoms with Crippen molar-refractivity contribution in [2.45, 2.75) is 101 Å². The van der Waals surface area contributed by atoms with E-state index in [1.165, 1.54) is 53.5 Å². The third kappa shape index (κ3) is 4.35. The van der Waals surface area contributed by atoms with E-state index >= 15 is 0 Å². The Morgan fingerprint density at radius 2 is 1.47 bits per heavy atom. The van der Waals surface area contributed by atoms with E-state index in [9.17, 15) is 0 Å². The molecule has 6 rings (SSSR count). The summed E-state index contributed by atoms with van der Waals surface area (Å²) in [5, 5.41) is 7.39. The molecule has 0 bridgehead atoms. The molecule has 4 nitrogen and oxygen atoms in total. The molecule has 2 aromatic rings. The van der Waals surface area contributed by atoms with Crippen LogP contribution in [-0.4, -0.2) is 36.4 Å². The maximum absolute atomic E-state index is 6.98. The lowest BCUT2D eigenvalue weighted by Gasteiger charge is -2.43. The van der Waals surface area contributed by atoms with Gasteiger partial charge in [0.1, 0.15) is 0 Å². The summed E-state index contributed by atoms with van der Waals surface area (Å²) in [4.78, 5) is 0. The number of rotatable bonds is 4. The Morgan fingerprint density at radius 1 is 0.794 bits per heavy atom. The zero-order chi connectivity index (χ0) is 23.3. The van der Waals surface area contributed by atoms with Crippen LogP contribution in [0.15, 0.2) is 42.5 Å². The van der Waals surface area contributed by atoms with Crippen molar-refractivity contribution < 1.29 is 9.47 Å². The van der Waals surface area contributed by atoms with Crippen LogP contribution in [0.4, 0.5) is 0 Å². The highest BCUT2D eigenvalue weighted by Crippen LogP contribution is 2.43. The van der Waals surface area contributed by atoms with Gasteiger partial charge in [-0.3, -0.25) is 0 Å². The van der Waals surface area contributed by atoms with Crippen LogP contribution in [0.2, 0.25) is 0 Å². The van der Waals surface area contributed by atoms with Crippen molar-refractivity contribution in [2.75, 3.05) is 13.1 Å². The summed E-state index contributed by atoms with van der Waals surface area (Å²) >= 11 is 0. The van der Waals surface area contributed by atoms with Crippen molar-refractivity contribution >= 4 is 0 Å². The molecule has 1 unspecified atom stereocenters. The molecule has 2 fully saturated rings. The molecule has 0 spiro atoms. The third-order valence-corrected chi connectivity index (χ3v) is 8.42. The Labute approximate surface area is 204 Å². The second kappa shape index (κ2) is 8.74. The van der Waals surface area contributed by atoms with E-state index in [-0.39, 0.29) is 23.4 Å². The van der Waals surface area contributed by atoms with Gasteiger partial charge in [0.25, 0.3) is 0 Å². The highest BCUT2D eigenvalue weighted by atomic mass is 16.5. The topological polar surface area (TPSA) is 42.5 Å². The molecule has 2 N–H and O–H groups in total. The van der Waals surface area contributed by atoms with Gasteiger partial charge in [-0.25, -0.2) is 0 Å². The monoisotopic (exact) mass is 460 g/mol. The van der Waals surface area contributed by atoms with E-state index < -0.39 is 0 Å². The van der Waals surface area contributed by atoms with Crippen molar-refractivity contribution in [3.05, 3.63) is 70.3 Å². The minimum absolute atomic E-state index is 0.135. The smallest absolute Gasteiger partial charge is 0.0988 e. The van der Waals surface area contributed by atoms with E-state index in [0.29, 0.717) is 12.1 Å². The number of fused-ring (bicyclic) bond motifs is 2. The molecule has 0 radical (unpaired) electrons. The second-order valence-electron chi connectivity index (χ2n) is 12.0. The SMILES string of the molecule is CC1(C)Cc2cc(CC3(C)Cc4ccccc4[C@H]([C@@H]4CCCN4)O3)ccc2[C@@H]([C@@H]2CCCN2)O1. The molecule has 0 aliphatic carbocycles. The molecule has 4 aliphatic rings. The fourth-order valence-electron chi connectivity index (χ4n) is 6.97. The number of hydrogen-bond acceptors (Lipinski definition) is 4. The largest absolute Gasteiger partial charge is 0.366 e. The molecule has 0 amide bonds. The van der Waals surface area contributed by atoms with Crippen LogP contribution in [0.3, 0.4) is 0 Å². The van der Waals surface area contributed by atoms with Crippen molar-refractivity contribution in [1.82, 2.24) is 10.6 Å². The summed E-state index contributed by atoms with van der Waals surface area (Å²) < 4.78 is 13.6. The molecule has 2 aromatic carbocycles. The Hall–Kier alpha value is -1.72. The van der Waals surface area contributed by atoms with Crippen LogP contribution in [0, 0.1) is 0 Å². The summed E-state index contributed by atoms with van der Waals surface area (Å²) in [5.41, 5.74) is 6.73. The van der Waals surface area contributed by atoms with Gasteiger partial charge in [0.15, 0.2) is 0 Å². The summed E-state index contributed by atoms with van der Waals surface area (Å²) in [6.45, 7) is 9.01. The van der Waals surface area contributed by atoms with Gasteiger partial charge in [-0.1, -0.05) is 42.5 Å². The first-order chi connectivity index (χ1) is 16.4. The van der Waals surface area contributed by atoms with Crippen LogP contribution in [0.5, 0.6) is 0 Å². The van der Waals surface area contributed by atoms with Crippen LogP contribution in [0.1, 0.15) is 86.5 Å². The molecular formula is C30H40N2O2. The number of benzene rings is 2. The molecule has 2 saturated heterocycles. The van der Waals surface area contributed by atoms with Crippen LogP contribution in [0.25, 0.3) is 0 Å². The molecule has 34 heavy (non-hydrogen) atoms. The van der Waals surface area contributed by atoms with Gasteiger partial charge >= 0.3 is 0 Å². The molecule has 5 atom stereocenters. The lowest BCUT2D eigenvalue weighted by atomic mass is 9.80. The van der Waals surface area contributed by atoms with Crippen LogP contribution >= 0.6 is 0 Å². The maximum atomic E-state index is 6.98. The van der Waals surface area contributed by atoms with Crippen molar-refractivity contribution in [2.24, 2.45) is 0 Å². The Balaban J connectivity index is 1.28. The zero-order valence-corrected chi connectivity index (χ0v) is 21.0. The summed E-state index contributed by atoms with van der Waals surface area (Å²) in [7, 11) is 0. The Kier molecular flexibility index (Phi) is 5.84. The van der Waals surface area contributed by atoms with E-state index in [1.54, 1.807) is 0 Å². The maximum Gasteiger partial charge on any atom is 0.0988 e. The first-order valence-corrected chi connectivity index (χ1v) is 13.4. The summed E-state index contributed by atoms with van der Waals surface area (Å²) in [6, 6.07) is 16.9. The van der Waals surface area contributed by atoms with E-state index in [2.05, 4.69) is 73.9 Å². The third-order valence-electron chi connectivity index (χ3n) is 8.42.